The molecule has 0 aromatic carbocycles. The lowest BCUT2D eigenvalue weighted by Gasteiger charge is -2.32. The molecule has 24 heavy (non-hydrogen) atoms. The second-order valence-electron chi connectivity index (χ2n) is 5.88. The Labute approximate surface area is 137 Å². The Morgan fingerprint density at radius 1 is 1.29 bits per heavy atom. The molecule has 1 saturated heterocycles. The van der Waals surface area contributed by atoms with Gasteiger partial charge in [0.25, 0.3) is 5.91 Å². The first-order valence-corrected chi connectivity index (χ1v) is 7.66. The van der Waals surface area contributed by atoms with Gasteiger partial charge in [0.05, 0.1) is 5.56 Å². The SMILES string of the molecule is Cn1ccnc1C1CCCN(C(=O)c2ncccc2C(F)(F)F)C1. The maximum absolute atomic E-state index is 13.1. The lowest BCUT2D eigenvalue weighted by molar-refractivity contribution is -0.138. The largest absolute Gasteiger partial charge is 0.418 e. The van der Waals surface area contributed by atoms with E-state index in [1.54, 1.807) is 6.20 Å². The summed E-state index contributed by atoms with van der Waals surface area (Å²) in [6.07, 6.45) is 1.67. The lowest BCUT2D eigenvalue weighted by atomic mass is 9.96. The molecule has 3 rings (SSSR count). The van der Waals surface area contributed by atoms with Gasteiger partial charge < -0.3 is 9.47 Å². The van der Waals surface area contributed by atoms with Crippen LogP contribution in [0.4, 0.5) is 13.2 Å². The molecule has 1 amide bonds. The van der Waals surface area contributed by atoms with Gasteiger partial charge in [0.2, 0.25) is 0 Å². The van der Waals surface area contributed by atoms with Crippen LogP contribution < -0.4 is 0 Å². The molecule has 1 unspecified atom stereocenters. The summed E-state index contributed by atoms with van der Waals surface area (Å²) in [6, 6.07) is 2.08. The first kappa shape index (κ1) is 16.5. The molecule has 3 heterocycles. The van der Waals surface area contributed by atoms with Crippen molar-refractivity contribution in [3.05, 3.63) is 47.8 Å². The summed E-state index contributed by atoms with van der Waals surface area (Å²) >= 11 is 0. The predicted molar refractivity (Wildman–Crippen MR) is 80.3 cm³/mol. The minimum Gasteiger partial charge on any atom is -0.338 e. The van der Waals surface area contributed by atoms with Crippen molar-refractivity contribution in [3.8, 4) is 0 Å². The predicted octanol–water partition coefficient (Wildman–Crippen LogP) is 2.85. The van der Waals surface area contributed by atoms with Crippen LogP contribution in [0.2, 0.25) is 0 Å². The first-order chi connectivity index (χ1) is 11.4. The molecule has 2 aromatic heterocycles. The summed E-state index contributed by atoms with van der Waals surface area (Å²) in [7, 11) is 1.86. The molecule has 0 aliphatic carbocycles. The highest BCUT2D eigenvalue weighted by Crippen LogP contribution is 2.32. The van der Waals surface area contributed by atoms with Gasteiger partial charge in [0.15, 0.2) is 0 Å². The average molecular weight is 338 g/mol. The second-order valence-corrected chi connectivity index (χ2v) is 5.88. The number of imidazole rings is 1. The van der Waals surface area contributed by atoms with Crippen LogP contribution in [0.1, 0.15) is 40.6 Å². The molecule has 1 aliphatic rings. The minimum atomic E-state index is -4.60. The number of aromatic nitrogens is 3. The van der Waals surface area contributed by atoms with Crippen LogP contribution in [-0.4, -0.2) is 38.4 Å². The van der Waals surface area contributed by atoms with E-state index < -0.39 is 23.3 Å². The molecule has 2 aromatic rings. The van der Waals surface area contributed by atoms with E-state index in [0.717, 1.165) is 24.7 Å². The number of carbonyl (C=O) groups is 1. The van der Waals surface area contributed by atoms with E-state index in [4.69, 9.17) is 0 Å². The van der Waals surface area contributed by atoms with E-state index in [1.807, 2.05) is 17.8 Å². The van der Waals surface area contributed by atoms with Crippen LogP contribution in [0, 0.1) is 0 Å². The molecule has 0 bridgehead atoms. The van der Waals surface area contributed by atoms with E-state index in [9.17, 15) is 18.0 Å². The standard InChI is InChI=1S/C16H17F3N4O/c1-22-9-7-21-14(22)11-4-3-8-23(10-11)15(24)13-12(16(17,18)19)5-2-6-20-13/h2,5-7,9,11H,3-4,8,10H2,1H3. The fourth-order valence-corrected chi connectivity index (χ4v) is 3.10. The lowest BCUT2D eigenvalue weighted by Crippen LogP contribution is -2.40. The fraction of sp³-hybridized carbons (Fsp3) is 0.438. The van der Waals surface area contributed by atoms with Crippen molar-refractivity contribution in [2.75, 3.05) is 13.1 Å². The Hall–Kier alpha value is -2.38. The second kappa shape index (κ2) is 6.26. The summed E-state index contributed by atoms with van der Waals surface area (Å²) in [6.45, 7) is 0.769. The fourth-order valence-electron chi connectivity index (χ4n) is 3.10. The highest BCUT2D eigenvalue weighted by molar-refractivity contribution is 5.94. The number of piperidine rings is 1. The number of likely N-dealkylation sites (tertiary alicyclic amines) is 1. The summed E-state index contributed by atoms with van der Waals surface area (Å²) in [5.74, 6) is 0.173. The Morgan fingerprint density at radius 2 is 2.08 bits per heavy atom. The molecule has 0 spiro atoms. The van der Waals surface area contributed by atoms with Gasteiger partial charge in [-0.3, -0.25) is 9.78 Å². The van der Waals surface area contributed by atoms with Gasteiger partial charge in [0.1, 0.15) is 11.5 Å². The van der Waals surface area contributed by atoms with Crippen molar-refractivity contribution < 1.29 is 18.0 Å². The highest BCUT2D eigenvalue weighted by Gasteiger charge is 2.38. The topological polar surface area (TPSA) is 51.0 Å². The van der Waals surface area contributed by atoms with E-state index >= 15 is 0 Å². The minimum absolute atomic E-state index is 0.0146. The van der Waals surface area contributed by atoms with E-state index in [-0.39, 0.29) is 5.92 Å². The maximum atomic E-state index is 13.1. The number of aryl methyl sites for hydroxylation is 1. The van der Waals surface area contributed by atoms with E-state index in [0.29, 0.717) is 13.1 Å². The van der Waals surface area contributed by atoms with Crippen molar-refractivity contribution in [2.24, 2.45) is 7.05 Å². The van der Waals surface area contributed by atoms with Crippen molar-refractivity contribution in [2.45, 2.75) is 24.9 Å². The van der Waals surface area contributed by atoms with Crippen LogP contribution in [0.5, 0.6) is 0 Å². The van der Waals surface area contributed by atoms with Gasteiger partial charge in [-0.2, -0.15) is 13.2 Å². The van der Waals surface area contributed by atoms with Crippen molar-refractivity contribution >= 4 is 5.91 Å². The molecule has 0 radical (unpaired) electrons. The number of halogens is 3. The number of carbonyl (C=O) groups excluding carboxylic acids is 1. The van der Waals surface area contributed by atoms with Gasteiger partial charge in [-0.05, 0) is 25.0 Å². The van der Waals surface area contributed by atoms with Crippen LogP contribution in [0.3, 0.4) is 0 Å². The zero-order valence-corrected chi connectivity index (χ0v) is 13.1. The summed E-state index contributed by atoms with van der Waals surface area (Å²) in [4.78, 5) is 22.0. The number of hydrogen-bond donors (Lipinski definition) is 0. The zero-order chi connectivity index (χ0) is 17.3. The maximum Gasteiger partial charge on any atom is 0.418 e. The quantitative estimate of drug-likeness (QED) is 0.846. The number of alkyl halides is 3. The molecular formula is C16H17F3N4O. The third kappa shape index (κ3) is 3.13. The monoisotopic (exact) mass is 338 g/mol. The Bertz CT molecular complexity index is 741. The molecule has 5 nitrogen and oxygen atoms in total. The molecular weight excluding hydrogens is 321 g/mol. The van der Waals surface area contributed by atoms with Gasteiger partial charge in [-0.1, -0.05) is 0 Å². The number of pyridine rings is 1. The smallest absolute Gasteiger partial charge is 0.338 e. The molecule has 0 saturated carbocycles. The Morgan fingerprint density at radius 3 is 2.75 bits per heavy atom. The molecule has 1 atom stereocenters. The van der Waals surface area contributed by atoms with Gasteiger partial charge >= 0.3 is 6.18 Å². The third-order valence-corrected chi connectivity index (χ3v) is 4.25. The highest BCUT2D eigenvalue weighted by atomic mass is 19.4. The zero-order valence-electron chi connectivity index (χ0n) is 13.1. The van der Waals surface area contributed by atoms with Gasteiger partial charge in [0, 0.05) is 44.6 Å². The molecule has 1 aliphatic heterocycles. The van der Waals surface area contributed by atoms with Crippen LogP contribution >= 0.6 is 0 Å². The van der Waals surface area contributed by atoms with E-state index in [2.05, 4.69) is 9.97 Å². The van der Waals surface area contributed by atoms with Crippen LogP contribution in [0.15, 0.2) is 30.7 Å². The molecule has 128 valence electrons. The number of rotatable bonds is 2. The number of hydrogen-bond acceptors (Lipinski definition) is 3. The molecule has 8 heteroatoms. The van der Waals surface area contributed by atoms with Crippen LogP contribution in [0.25, 0.3) is 0 Å². The number of nitrogens with zero attached hydrogens (tertiary/aromatic N) is 4. The average Bonchev–Trinajstić information content (AvgIpc) is 2.99. The normalized spacial score (nSPS) is 18.7. The molecule has 0 N–H and O–H groups in total. The molecule has 1 fully saturated rings. The van der Waals surface area contributed by atoms with Crippen molar-refractivity contribution in [1.82, 2.24) is 19.4 Å². The summed E-state index contributed by atoms with van der Waals surface area (Å²) in [5, 5.41) is 0. The van der Waals surface area contributed by atoms with Crippen LogP contribution in [-0.2, 0) is 13.2 Å². The van der Waals surface area contributed by atoms with Crippen molar-refractivity contribution in [1.29, 1.82) is 0 Å². The number of amides is 1. The van der Waals surface area contributed by atoms with E-state index in [1.165, 1.54) is 17.2 Å². The Balaban J connectivity index is 1.85. The Kier molecular flexibility index (Phi) is 4.29. The summed E-state index contributed by atoms with van der Waals surface area (Å²) in [5.41, 5.74) is -1.53. The summed E-state index contributed by atoms with van der Waals surface area (Å²) < 4.78 is 41.2. The van der Waals surface area contributed by atoms with Crippen molar-refractivity contribution in [3.63, 3.8) is 0 Å². The van der Waals surface area contributed by atoms with Gasteiger partial charge in [-0.25, -0.2) is 4.98 Å². The third-order valence-electron chi connectivity index (χ3n) is 4.25. The van der Waals surface area contributed by atoms with Gasteiger partial charge in [-0.15, -0.1) is 0 Å². The first-order valence-electron chi connectivity index (χ1n) is 7.66.